The molecule has 1 aromatic rings. The highest BCUT2D eigenvalue weighted by atomic mass is 16.6. The Kier molecular flexibility index (Phi) is 6.53. The van der Waals surface area contributed by atoms with Crippen LogP contribution in [0.15, 0.2) is 24.3 Å². The van der Waals surface area contributed by atoms with Crippen LogP contribution in [0, 0.1) is 0 Å². The molecule has 0 spiro atoms. The topological polar surface area (TPSA) is 148 Å². The number of rotatable bonds is 7. The van der Waals surface area contributed by atoms with Gasteiger partial charge >= 0.3 is 5.97 Å². The van der Waals surface area contributed by atoms with Crippen LogP contribution < -0.4 is 0 Å². The van der Waals surface area contributed by atoms with Crippen LogP contribution >= 0.6 is 0 Å². The lowest BCUT2D eigenvalue weighted by Gasteiger charge is -2.28. The van der Waals surface area contributed by atoms with Gasteiger partial charge in [0.05, 0.1) is 18.8 Å². The van der Waals surface area contributed by atoms with Crippen molar-refractivity contribution in [2.24, 2.45) is 0 Å². The molecule has 118 valence electrons. The van der Waals surface area contributed by atoms with Gasteiger partial charge in [-0.05, 0) is 24.3 Å². The molecule has 0 aliphatic rings. The number of phenols is 1. The predicted molar refractivity (Wildman–Crippen MR) is 69.5 cm³/mol. The molecule has 8 heteroatoms. The number of carbonyl (C=O) groups is 1. The predicted octanol–water partition coefficient (Wildman–Crippen LogP) is -2.02. The molecule has 21 heavy (non-hydrogen) atoms. The van der Waals surface area contributed by atoms with Gasteiger partial charge in [0.15, 0.2) is 6.10 Å². The number of ether oxygens (including phenoxy) is 1. The first-order chi connectivity index (χ1) is 9.90. The van der Waals surface area contributed by atoms with E-state index in [9.17, 15) is 20.1 Å². The minimum atomic E-state index is -1.78. The number of phenolic OH excluding ortho intramolecular Hbond substituents is 1. The van der Waals surface area contributed by atoms with Crippen molar-refractivity contribution in [3.63, 3.8) is 0 Å². The van der Waals surface area contributed by atoms with E-state index in [1.54, 1.807) is 0 Å². The Bertz CT molecular complexity index is 446. The average molecular weight is 302 g/mol. The maximum Gasteiger partial charge on any atom is 0.338 e. The van der Waals surface area contributed by atoms with Crippen LogP contribution in [0.2, 0.25) is 0 Å². The van der Waals surface area contributed by atoms with Gasteiger partial charge in [-0.15, -0.1) is 0 Å². The van der Waals surface area contributed by atoms with Crippen molar-refractivity contribution in [2.75, 3.05) is 13.2 Å². The molecule has 1 rings (SSSR count). The number of hydrogen-bond acceptors (Lipinski definition) is 8. The van der Waals surface area contributed by atoms with Crippen molar-refractivity contribution >= 4 is 5.97 Å². The van der Waals surface area contributed by atoms with Crippen molar-refractivity contribution in [3.8, 4) is 5.75 Å². The number of hydrogen-bond donors (Lipinski definition) is 6. The second-order valence-electron chi connectivity index (χ2n) is 4.41. The van der Waals surface area contributed by atoms with E-state index in [2.05, 4.69) is 0 Å². The van der Waals surface area contributed by atoms with Crippen molar-refractivity contribution < 1.29 is 40.2 Å². The van der Waals surface area contributed by atoms with Crippen LogP contribution in [0.4, 0.5) is 0 Å². The van der Waals surface area contributed by atoms with Crippen LogP contribution in [-0.4, -0.2) is 74.2 Å². The second-order valence-corrected chi connectivity index (χ2v) is 4.41. The molecule has 6 N–H and O–H groups in total. The van der Waals surface area contributed by atoms with Crippen LogP contribution in [0.25, 0.3) is 0 Å². The first-order valence-electron chi connectivity index (χ1n) is 6.16. The SMILES string of the molecule is O=C(O[C@H]([C@H](O)[C@@H](O)CO)[C@H](O)CO)c1ccc(O)cc1. The second kappa shape index (κ2) is 7.91. The molecule has 1 aromatic carbocycles. The Morgan fingerprint density at radius 1 is 1.00 bits per heavy atom. The lowest BCUT2D eigenvalue weighted by atomic mass is 10.0. The fraction of sp³-hybridized carbons (Fsp3) is 0.462. The molecule has 0 saturated heterocycles. The minimum Gasteiger partial charge on any atom is -0.508 e. The molecule has 0 radical (unpaired) electrons. The van der Waals surface area contributed by atoms with E-state index in [0.717, 1.165) is 0 Å². The van der Waals surface area contributed by atoms with Gasteiger partial charge < -0.3 is 35.4 Å². The monoisotopic (exact) mass is 302 g/mol. The smallest absolute Gasteiger partial charge is 0.338 e. The zero-order chi connectivity index (χ0) is 16.0. The van der Waals surface area contributed by atoms with Crippen molar-refractivity contribution in [2.45, 2.75) is 24.4 Å². The average Bonchev–Trinajstić information content (AvgIpc) is 2.50. The number of carbonyl (C=O) groups excluding carboxylic acids is 1. The zero-order valence-corrected chi connectivity index (χ0v) is 11.0. The molecule has 8 nitrogen and oxygen atoms in total. The third kappa shape index (κ3) is 4.66. The summed E-state index contributed by atoms with van der Waals surface area (Å²) in [5, 5.41) is 55.4. The van der Waals surface area contributed by atoms with E-state index in [-0.39, 0.29) is 11.3 Å². The maximum absolute atomic E-state index is 11.9. The van der Waals surface area contributed by atoms with Gasteiger partial charge in [0.1, 0.15) is 24.1 Å². The zero-order valence-electron chi connectivity index (χ0n) is 11.0. The molecular formula is C13H18O8. The van der Waals surface area contributed by atoms with Crippen LogP contribution in [-0.2, 0) is 4.74 Å². The van der Waals surface area contributed by atoms with Crippen LogP contribution in [0.1, 0.15) is 10.4 Å². The van der Waals surface area contributed by atoms with Crippen LogP contribution in [0.5, 0.6) is 5.75 Å². The summed E-state index contributed by atoms with van der Waals surface area (Å²) in [4.78, 5) is 11.9. The largest absolute Gasteiger partial charge is 0.508 e. The van der Waals surface area contributed by atoms with E-state index in [1.807, 2.05) is 0 Å². The summed E-state index contributed by atoms with van der Waals surface area (Å²) in [6.07, 6.45) is -6.69. The first-order valence-corrected chi connectivity index (χ1v) is 6.16. The molecular weight excluding hydrogens is 284 g/mol. The number of esters is 1. The van der Waals surface area contributed by atoms with Gasteiger partial charge in [-0.3, -0.25) is 0 Å². The number of benzene rings is 1. The van der Waals surface area contributed by atoms with Gasteiger partial charge in [0, 0.05) is 0 Å². The number of aliphatic hydroxyl groups excluding tert-OH is 5. The van der Waals surface area contributed by atoms with E-state index < -0.39 is 43.6 Å². The highest BCUT2D eigenvalue weighted by Gasteiger charge is 2.35. The van der Waals surface area contributed by atoms with E-state index in [1.165, 1.54) is 24.3 Å². The third-order valence-corrected chi connectivity index (χ3v) is 2.83. The van der Waals surface area contributed by atoms with Crippen LogP contribution in [0.3, 0.4) is 0 Å². The quantitative estimate of drug-likeness (QED) is 0.316. The molecule has 0 unspecified atom stereocenters. The summed E-state index contributed by atoms with van der Waals surface area (Å²) >= 11 is 0. The number of aliphatic hydroxyl groups is 5. The fourth-order valence-electron chi connectivity index (χ4n) is 1.60. The Morgan fingerprint density at radius 3 is 2.00 bits per heavy atom. The van der Waals surface area contributed by atoms with Gasteiger partial charge in [-0.2, -0.15) is 0 Å². The van der Waals surface area contributed by atoms with Crippen molar-refractivity contribution in [3.05, 3.63) is 29.8 Å². The van der Waals surface area contributed by atoms with Gasteiger partial charge in [0.2, 0.25) is 0 Å². The lowest BCUT2D eigenvalue weighted by Crippen LogP contribution is -2.49. The highest BCUT2D eigenvalue weighted by molar-refractivity contribution is 5.89. The van der Waals surface area contributed by atoms with E-state index >= 15 is 0 Å². The third-order valence-electron chi connectivity index (χ3n) is 2.83. The van der Waals surface area contributed by atoms with E-state index in [0.29, 0.717) is 0 Å². The Morgan fingerprint density at radius 2 is 1.52 bits per heavy atom. The van der Waals surface area contributed by atoms with Gasteiger partial charge in [-0.25, -0.2) is 4.79 Å². The standard InChI is InChI=1S/C13H18O8/c14-5-9(17)11(19)12(10(18)6-15)21-13(20)7-1-3-8(16)4-2-7/h1-4,9-12,14-19H,5-6H2/t9-,10+,11+,12-/m0/s1. The molecule has 0 saturated carbocycles. The number of aromatic hydroxyl groups is 1. The summed E-state index contributed by atoms with van der Waals surface area (Å²) in [5.41, 5.74) is 0.0358. The molecule has 0 fully saturated rings. The summed E-state index contributed by atoms with van der Waals surface area (Å²) in [6, 6.07) is 5.00. The molecule has 0 aliphatic carbocycles. The molecule has 0 bridgehead atoms. The fourth-order valence-corrected chi connectivity index (χ4v) is 1.60. The Labute approximate surface area is 120 Å². The highest BCUT2D eigenvalue weighted by Crippen LogP contribution is 2.15. The summed E-state index contributed by atoms with van der Waals surface area (Å²) in [5.74, 6) is -0.995. The lowest BCUT2D eigenvalue weighted by molar-refractivity contribution is -0.128. The minimum absolute atomic E-state index is 0.0358. The molecule has 4 atom stereocenters. The van der Waals surface area contributed by atoms with Crippen molar-refractivity contribution in [1.29, 1.82) is 0 Å². The first kappa shape index (κ1) is 17.3. The van der Waals surface area contributed by atoms with Gasteiger partial charge in [-0.1, -0.05) is 0 Å². The molecule has 0 heterocycles. The van der Waals surface area contributed by atoms with E-state index in [4.69, 9.17) is 20.1 Å². The Balaban J connectivity index is 2.85. The Hall–Kier alpha value is -1.71. The normalized spacial score (nSPS) is 16.8. The van der Waals surface area contributed by atoms with Crippen molar-refractivity contribution in [1.82, 2.24) is 0 Å². The molecule has 0 aliphatic heterocycles. The molecule has 0 aromatic heterocycles. The summed E-state index contributed by atoms with van der Waals surface area (Å²) in [7, 11) is 0. The summed E-state index contributed by atoms with van der Waals surface area (Å²) in [6.45, 7) is -1.63. The van der Waals surface area contributed by atoms with Gasteiger partial charge in [0.25, 0.3) is 0 Å². The maximum atomic E-state index is 11.9. The summed E-state index contributed by atoms with van der Waals surface area (Å²) < 4.78 is 4.86. The molecule has 0 amide bonds.